The number of hydrogen-bond donors (Lipinski definition) is 0. The molecule has 0 bridgehead atoms. The summed E-state index contributed by atoms with van der Waals surface area (Å²) in [5.74, 6) is 0.193. The van der Waals surface area contributed by atoms with E-state index < -0.39 is 0 Å². The molecule has 1 heterocycles. The number of carbonyl (C=O) groups is 1. The predicted octanol–water partition coefficient (Wildman–Crippen LogP) is 5.60. The third kappa shape index (κ3) is 4.34. The second-order valence-electron chi connectivity index (χ2n) is 6.36. The Morgan fingerprint density at radius 3 is 2.40 bits per heavy atom. The van der Waals surface area contributed by atoms with E-state index in [2.05, 4.69) is 43.1 Å². The van der Waals surface area contributed by atoms with Crippen molar-refractivity contribution in [2.75, 3.05) is 0 Å². The Morgan fingerprint density at radius 1 is 1.08 bits per heavy atom. The Balaban J connectivity index is 1.63. The zero-order valence-electron chi connectivity index (χ0n) is 14.7. The van der Waals surface area contributed by atoms with Gasteiger partial charge in [0.05, 0.1) is 11.3 Å². The normalized spacial score (nSPS) is 10.9. The van der Waals surface area contributed by atoms with Crippen LogP contribution in [0, 0.1) is 6.92 Å². The van der Waals surface area contributed by atoms with Crippen LogP contribution in [0.15, 0.2) is 53.9 Å². The van der Waals surface area contributed by atoms with Crippen molar-refractivity contribution in [3.05, 3.63) is 76.3 Å². The van der Waals surface area contributed by atoms with Crippen molar-refractivity contribution >= 4 is 17.3 Å². The van der Waals surface area contributed by atoms with Gasteiger partial charge in [-0.3, -0.25) is 0 Å². The summed E-state index contributed by atoms with van der Waals surface area (Å²) >= 11 is 1.56. The van der Waals surface area contributed by atoms with Gasteiger partial charge < -0.3 is 4.74 Å². The Labute approximate surface area is 152 Å². The predicted molar refractivity (Wildman–Crippen MR) is 102 cm³/mol. The minimum Gasteiger partial charge on any atom is -0.456 e. The van der Waals surface area contributed by atoms with Gasteiger partial charge in [0.25, 0.3) is 0 Å². The molecule has 0 unspecified atom stereocenters. The Bertz CT molecular complexity index is 848. The van der Waals surface area contributed by atoms with Crippen LogP contribution in [0.25, 0.3) is 10.6 Å². The maximum Gasteiger partial charge on any atom is 0.338 e. The summed E-state index contributed by atoms with van der Waals surface area (Å²) < 4.78 is 5.36. The molecule has 3 aromatic rings. The van der Waals surface area contributed by atoms with Crippen molar-refractivity contribution in [1.82, 2.24) is 4.98 Å². The zero-order chi connectivity index (χ0) is 17.8. The minimum absolute atomic E-state index is 0.188. The number of hydrogen-bond acceptors (Lipinski definition) is 4. The van der Waals surface area contributed by atoms with Gasteiger partial charge in [-0.1, -0.05) is 55.8 Å². The molecule has 25 heavy (non-hydrogen) atoms. The van der Waals surface area contributed by atoms with Crippen LogP contribution in [0.4, 0.5) is 0 Å². The number of ether oxygens (including phenoxy) is 1. The lowest BCUT2D eigenvalue weighted by Gasteiger charge is -2.05. The van der Waals surface area contributed by atoms with Gasteiger partial charge in [-0.15, -0.1) is 11.3 Å². The van der Waals surface area contributed by atoms with E-state index in [-0.39, 0.29) is 12.6 Å². The van der Waals surface area contributed by atoms with Gasteiger partial charge in [0.2, 0.25) is 0 Å². The highest BCUT2D eigenvalue weighted by Gasteiger charge is 2.10. The number of nitrogens with zero attached hydrogens (tertiary/aromatic N) is 1. The van der Waals surface area contributed by atoms with Crippen molar-refractivity contribution in [3.8, 4) is 10.6 Å². The molecule has 0 spiro atoms. The number of thiazole rings is 1. The smallest absolute Gasteiger partial charge is 0.338 e. The highest BCUT2D eigenvalue weighted by molar-refractivity contribution is 7.13. The summed E-state index contributed by atoms with van der Waals surface area (Å²) in [7, 11) is 0. The van der Waals surface area contributed by atoms with E-state index in [4.69, 9.17) is 4.74 Å². The number of benzene rings is 2. The first-order valence-electron chi connectivity index (χ1n) is 8.31. The van der Waals surface area contributed by atoms with Crippen LogP contribution in [0.5, 0.6) is 0 Å². The molecule has 3 rings (SSSR count). The third-order valence-electron chi connectivity index (χ3n) is 4.01. The minimum atomic E-state index is -0.323. The highest BCUT2D eigenvalue weighted by atomic mass is 32.1. The molecule has 0 radical (unpaired) electrons. The zero-order valence-corrected chi connectivity index (χ0v) is 15.5. The number of aryl methyl sites for hydroxylation is 1. The van der Waals surface area contributed by atoms with Crippen LogP contribution in [-0.2, 0) is 11.3 Å². The fraction of sp³-hybridized carbons (Fsp3) is 0.238. The van der Waals surface area contributed by atoms with E-state index in [9.17, 15) is 4.79 Å². The van der Waals surface area contributed by atoms with Crippen LogP contribution >= 0.6 is 11.3 Å². The lowest BCUT2D eigenvalue weighted by molar-refractivity contribution is 0.0468. The van der Waals surface area contributed by atoms with Gasteiger partial charge in [0, 0.05) is 10.9 Å². The Hall–Kier alpha value is -2.46. The van der Waals surface area contributed by atoms with E-state index in [0.717, 1.165) is 21.8 Å². The van der Waals surface area contributed by atoms with Crippen molar-refractivity contribution in [3.63, 3.8) is 0 Å². The second-order valence-corrected chi connectivity index (χ2v) is 7.22. The van der Waals surface area contributed by atoms with Crippen LogP contribution in [-0.4, -0.2) is 11.0 Å². The maximum absolute atomic E-state index is 12.1. The van der Waals surface area contributed by atoms with E-state index in [0.29, 0.717) is 11.5 Å². The number of rotatable bonds is 5. The van der Waals surface area contributed by atoms with Gasteiger partial charge in [-0.25, -0.2) is 9.78 Å². The summed E-state index contributed by atoms with van der Waals surface area (Å²) in [5, 5.41) is 2.88. The molecular weight excluding hydrogens is 330 g/mol. The number of aromatic nitrogens is 1. The topological polar surface area (TPSA) is 39.2 Å². The summed E-state index contributed by atoms with van der Waals surface area (Å²) in [5.41, 5.74) is 4.85. The van der Waals surface area contributed by atoms with Crippen LogP contribution < -0.4 is 0 Å². The van der Waals surface area contributed by atoms with E-state index in [1.54, 1.807) is 23.5 Å². The largest absolute Gasteiger partial charge is 0.456 e. The molecule has 128 valence electrons. The van der Waals surface area contributed by atoms with E-state index in [1.807, 2.05) is 24.4 Å². The average Bonchev–Trinajstić information content (AvgIpc) is 3.09. The molecule has 0 aliphatic heterocycles. The van der Waals surface area contributed by atoms with Crippen LogP contribution in [0.2, 0.25) is 0 Å². The van der Waals surface area contributed by atoms with Crippen LogP contribution in [0.1, 0.15) is 46.9 Å². The first-order valence-corrected chi connectivity index (χ1v) is 9.19. The summed E-state index contributed by atoms with van der Waals surface area (Å²) in [6.07, 6.45) is 0. The molecule has 0 fully saturated rings. The maximum atomic E-state index is 12.1. The first kappa shape index (κ1) is 17.4. The molecule has 0 aliphatic rings. The van der Waals surface area contributed by atoms with E-state index >= 15 is 0 Å². The number of carbonyl (C=O) groups excluding carboxylic acids is 1. The first-order chi connectivity index (χ1) is 12.0. The van der Waals surface area contributed by atoms with Gasteiger partial charge in [-0.2, -0.15) is 0 Å². The quantitative estimate of drug-likeness (QED) is 0.562. The molecule has 0 N–H and O–H groups in total. The third-order valence-corrected chi connectivity index (χ3v) is 4.95. The van der Waals surface area contributed by atoms with Gasteiger partial charge in [-0.05, 0) is 30.5 Å². The molecular formula is C21H21NO2S. The molecule has 0 saturated heterocycles. The summed E-state index contributed by atoms with van der Waals surface area (Å²) in [6.45, 7) is 6.53. The standard InChI is InChI=1S/C21H21NO2S/c1-14(2)16-8-10-17(11-9-16)20-22-19(13-25-20)12-24-21(23)18-6-4-15(3)5-7-18/h4-11,13-14H,12H2,1-3H3. The van der Waals surface area contributed by atoms with Crippen molar-refractivity contribution < 1.29 is 9.53 Å². The monoisotopic (exact) mass is 351 g/mol. The summed E-state index contributed by atoms with van der Waals surface area (Å²) in [4.78, 5) is 16.6. The SMILES string of the molecule is Cc1ccc(C(=O)OCc2csc(-c3ccc(C(C)C)cc3)n2)cc1. The van der Waals surface area contributed by atoms with Gasteiger partial charge in [0.15, 0.2) is 0 Å². The molecule has 1 aromatic heterocycles. The van der Waals surface area contributed by atoms with Crippen molar-refractivity contribution in [1.29, 1.82) is 0 Å². The van der Waals surface area contributed by atoms with Crippen LogP contribution in [0.3, 0.4) is 0 Å². The number of esters is 1. The van der Waals surface area contributed by atoms with Gasteiger partial charge >= 0.3 is 5.97 Å². The molecule has 2 aromatic carbocycles. The fourth-order valence-electron chi connectivity index (χ4n) is 2.43. The average molecular weight is 351 g/mol. The van der Waals surface area contributed by atoms with Crippen molar-refractivity contribution in [2.45, 2.75) is 33.3 Å². The molecule has 0 atom stereocenters. The molecule has 0 amide bonds. The highest BCUT2D eigenvalue weighted by Crippen LogP contribution is 2.26. The molecule has 0 saturated carbocycles. The molecule has 0 aliphatic carbocycles. The van der Waals surface area contributed by atoms with E-state index in [1.165, 1.54) is 5.56 Å². The lowest BCUT2D eigenvalue weighted by Crippen LogP contribution is -2.05. The van der Waals surface area contributed by atoms with Gasteiger partial charge in [0.1, 0.15) is 11.6 Å². The second kappa shape index (κ2) is 7.62. The fourth-order valence-corrected chi connectivity index (χ4v) is 3.24. The lowest BCUT2D eigenvalue weighted by atomic mass is 10.0. The molecule has 4 heteroatoms. The summed E-state index contributed by atoms with van der Waals surface area (Å²) in [6, 6.07) is 15.8. The molecule has 3 nitrogen and oxygen atoms in total. The Kier molecular flexibility index (Phi) is 5.29. The van der Waals surface area contributed by atoms with Crippen molar-refractivity contribution in [2.24, 2.45) is 0 Å². The Morgan fingerprint density at radius 2 is 1.76 bits per heavy atom.